The molecule has 3 aliphatic rings. The lowest BCUT2D eigenvalue weighted by atomic mass is 9.95. The van der Waals surface area contributed by atoms with Crippen LogP contribution < -0.4 is 19.7 Å². The smallest absolute Gasteiger partial charge is 0.184 e. The number of para-hydroxylation sites is 2. The van der Waals surface area contributed by atoms with Gasteiger partial charge in [0.15, 0.2) is 11.5 Å². The summed E-state index contributed by atoms with van der Waals surface area (Å²) in [6, 6.07) is 15.0. The quantitative estimate of drug-likeness (QED) is 0.752. The molecule has 1 N–H and O–H groups in total. The van der Waals surface area contributed by atoms with Gasteiger partial charge in [0.1, 0.15) is 13.2 Å². The summed E-state index contributed by atoms with van der Waals surface area (Å²) in [6.07, 6.45) is 3.88. The Morgan fingerprint density at radius 1 is 0.897 bits per heavy atom. The van der Waals surface area contributed by atoms with E-state index < -0.39 is 0 Å². The molecule has 5 heteroatoms. The molecule has 1 unspecified atom stereocenters. The van der Waals surface area contributed by atoms with Crippen LogP contribution >= 0.6 is 0 Å². The molecule has 5 rings (SSSR count). The van der Waals surface area contributed by atoms with Crippen LogP contribution in [0.15, 0.2) is 42.5 Å². The summed E-state index contributed by atoms with van der Waals surface area (Å²) in [5.41, 5.74) is 4.04. The maximum absolute atomic E-state index is 5.90. The van der Waals surface area contributed by atoms with Crippen LogP contribution in [0.1, 0.15) is 30.7 Å². The first kappa shape index (κ1) is 18.6. The molecule has 2 aromatic carbocycles. The summed E-state index contributed by atoms with van der Waals surface area (Å²) < 4.78 is 11.6. The summed E-state index contributed by atoms with van der Waals surface area (Å²) in [4.78, 5) is 5.06. The van der Waals surface area contributed by atoms with Gasteiger partial charge in [-0.3, -0.25) is 4.90 Å². The lowest BCUT2D eigenvalue weighted by molar-refractivity contribution is 0.171. The van der Waals surface area contributed by atoms with E-state index in [4.69, 9.17) is 9.47 Å². The van der Waals surface area contributed by atoms with E-state index >= 15 is 0 Å². The van der Waals surface area contributed by atoms with Crippen LogP contribution in [-0.4, -0.2) is 57.4 Å². The fourth-order valence-corrected chi connectivity index (χ4v) is 4.86. The molecule has 0 amide bonds. The summed E-state index contributed by atoms with van der Waals surface area (Å²) in [5, 5.41) is 3.55. The molecule has 0 radical (unpaired) electrons. The monoisotopic (exact) mass is 393 g/mol. The predicted octanol–water partition coefficient (Wildman–Crippen LogP) is 3.96. The highest BCUT2D eigenvalue weighted by atomic mass is 16.6. The molecular formula is C24H31N3O2. The number of piperazine rings is 1. The molecule has 1 fully saturated rings. The lowest BCUT2D eigenvalue weighted by Crippen LogP contribution is -2.46. The van der Waals surface area contributed by atoms with Gasteiger partial charge in [0, 0.05) is 44.3 Å². The van der Waals surface area contributed by atoms with Crippen molar-refractivity contribution in [2.24, 2.45) is 0 Å². The fraction of sp³-hybridized carbons (Fsp3) is 0.500. The second-order valence-electron chi connectivity index (χ2n) is 8.29. The van der Waals surface area contributed by atoms with E-state index in [1.807, 2.05) is 6.07 Å². The summed E-state index contributed by atoms with van der Waals surface area (Å²) >= 11 is 0. The first-order valence-corrected chi connectivity index (χ1v) is 11.1. The van der Waals surface area contributed by atoms with Gasteiger partial charge < -0.3 is 19.7 Å². The molecule has 0 aromatic heterocycles. The third-order valence-corrected chi connectivity index (χ3v) is 6.47. The Kier molecular flexibility index (Phi) is 5.48. The largest absolute Gasteiger partial charge is 0.486 e. The molecular weight excluding hydrogens is 362 g/mol. The van der Waals surface area contributed by atoms with Gasteiger partial charge in [-0.25, -0.2) is 0 Å². The number of nitrogens with one attached hydrogen (secondary N) is 1. The standard InChI is InChI=1S/C24H31N3O2/c1-2-8-21-20(7-1)19(18-25-21)6-3-4-11-26-12-14-27(15-13-26)22-9-5-10-23-24(22)29-17-16-28-23/h1-2,5,7-10,19,25H,3-4,6,11-18H2. The highest BCUT2D eigenvalue weighted by Gasteiger charge is 2.24. The van der Waals surface area contributed by atoms with Gasteiger partial charge >= 0.3 is 0 Å². The number of hydrogen-bond acceptors (Lipinski definition) is 5. The summed E-state index contributed by atoms with van der Waals surface area (Å²) in [5.74, 6) is 2.51. The Bertz CT molecular complexity index is 833. The van der Waals surface area contributed by atoms with Crippen LogP contribution in [-0.2, 0) is 0 Å². The van der Waals surface area contributed by atoms with Crippen LogP contribution in [0, 0.1) is 0 Å². The number of unbranched alkanes of at least 4 members (excludes halogenated alkanes) is 1. The molecule has 0 spiro atoms. The summed E-state index contributed by atoms with van der Waals surface area (Å²) in [6.45, 7) is 7.96. The number of benzene rings is 2. The van der Waals surface area contributed by atoms with Crippen molar-refractivity contribution in [2.45, 2.75) is 25.2 Å². The number of nitrogens with zero attached hydrogens (tertiary/aromatic N) is 2. The Morgan fingerprint density at radius 2 is 1.76 bits per heavy atom. The van der Waals surface area contributed by atoms with E-state index in [2.05, 4.69) is 51.5 Å². The van der Waals surface area contributed by atoms with Crippen molar-refractivity contribution in [3.05, 3.63) is 48.0 Å². The second-order valence-corrected chi connectivity index (χ2v) is 8.29. The summed E-state index contributed by atoms with van der Waals surface area (Å²) in [7, 11) is 0. The van der Waals surface area contributed by atoms with Crippen molar-refractivity contribution in [2.75, 3.05) is 62.7 Å². The molecule has 1 saturated heterocycles. The van der Waals surface area contributed by atoms with Gasteiger partial charge in [0.2, 0.25) is 0 Å². The number of fused-ring (bicyclic) bond motifs is 2. The number of anilines is 2. The number of hydrogen-bond donors (Lipinski definition) is 1. The molecule has 3 aliphatic heterocycles. The first-order chi connectivity index (χ1) is 14.4. The van der Waals surface area contributed by atoms with E-state index in [1.165, 1.54) is 42.7 Å². The molecule has 154 valence electrons. The van der Waals surface area contributed by atoms with Crippen molar-refractivity contribution in [3.63, 3.8) is 0 Å². The Hall–Kier alpha value is -2.40. The molecule has 5 nitrogen and oxygen atoms in total. The van der Waals surface area contributed by atoms with E-state index in [9.17, 15) is 0 Å². The van der Waals surface area contributed by atoms with Crippen LogP contribution in [0.2, 0.25) is 0 Å². The average Bonchev–Trinajstić information content (AvgIpc) is 3.20. The SMILES string of the molecule is c1ccc2c(c1)NCC2CCCCN1CCN(c2cccc3c2OCCO3)CC1. The second kappa shape index (κ2) is 8.54. The highest BCUT2D eigenvalue weighted by molar-refractivity contribution is 5.65. The van der Waals surface area contributed by atoms with Gasteiger partial charge in [-0.15, -0.1) is 0 Å². The van der Waals surface area contributed by atoms with E-state index in [-0.39, 0.29) is 0 Å². The first-order valence-electron chi connectivity index (χ1n) is 11.1. The topological polar surface area (TPSA) is 37.0 Å². The van der Waals surface area contributed by atoms with Gasteiger partial charge in [-0.2, -0.15) is 0 Å². The molecule has 0 aliphatic carbocycles. The molecule has 0 bridgehead atoms. The molecule has 3 heterocycles. The van der Waals surface area contributed by atoms with Crippen molar-refractivity contribution in [3.8, 4) is 11.5 Å². The zero-order valence-electron chi connectivity index (χ0n) is 17.1. The average molecular weight is 394 g/mol. The molecule has 1 atom stereocenters. The van der Waals surface area contributed by atoms with Crippen LogP contribution in [0.3, 0.4) is 0 Å². The van der Waals surface area contributed by atoms with Gasteiger partial charge in [0.25, 0.3) is 0 Å². The van der Waals surface area contributed by atoms with E-state index in [1.54, 1.807) is 0 Å². The van der Waals surface area contributed by atoms with E-state index in [0.717, 1.165) is 44.2 Å². The minimum absolute atomic E-state index is 0.644. The van der Waals surface area contributed by atoms with Gasteiger partial charge in [-0.1, -0.05) is 30.7 Å². The van der Waals surface area contributed by atoms with Gasteiger partial charge in [-0.05, 0) is 43.1 Å². The third-order valence-electron chi connectivity index (χ3n) is 6.47. The molecule has 0 saturated carbocycles. The van der Waals surface area contributed by atoms with Crippen LogP contribution in [0.4, 0.5) is 11.4 Å². The van der Waals surface area contributed by atoms with Gasteiger partial charge in [0.05, 0.1) is 5.69 Å². The minimum Gasteiger partial charge on any atom is -0.486 e. The maximum atomic E-state index is 5.90. The Balaban J connectivity index is 1.07. The van der Waals surface area contributed by atoms with E-state index in [0.29, 0.717) is 19.1 Å². The predicted molar refractivity (Wildman–Crippen MR) is 118 cm³/mol. The fourth-order valence-electron chi connectivity index (χ4n) is 4.86. The normalized spacial score (nSPS) is 21.0. The molecule has 29 heavy (non-hydrogen) atoms. The van der Waals surface area contributed by atoms with Crippen molar-refractivity contribution in [1.29, 1.82) is 0 Å². The molecule has 2 aromatic rings. The number of ether oxygens (including phenoxy) is 2. The van der Waals surface area contributed by atoms with Crippen LogP contribution in [0.5, 0.6) is 11.5 Å². The minimum atomic E-state index is 0.644. The van der Waals surface area contributed by atoms with Crippen molar-refractivity contribution < 1.29 is 9.47 Å². The zero-order chi connectivity index (χ0) is 19.5. The Labute approximate surface area is 173 Å². The third kappa shape index (κ3) is 4.01. The zero-order valence-corrected chi connectivity index (χ0v) is 17.1. The highest BCUT2D eigenvalue weighted by Crippen LogP contribution is 2.39. The van der Waals surface area contributed by atoms with Crippen molar-refractivity contribution >= 4 is 11.4 Å². The van der Waals surface area contributed by atoms with Crippen LogP contribution in [0.25, 0.3) is 0 Å². The lowest BCUT2D eigenvalue weighted by Gasteiger charge is -2.37. The number of rotatable bonds is 6. The maximum Gasteiger partial charge on any atom is 0.184 e. The van der Waals surface area contributed by atoms with Crippen molar-refractivity contribution in [1.82, 2.24) is 4.90 Å². The Morgan fingerprint density at radius 3 is 2.69 bits per heavy atom.